The van der Waals surface area contributed by atoms with E-state index in [0.717, 1.165) is 0 Å². The van der Waals surface area contributed by atoms with E-state index in [1.54, 1.807) is 0 Å². The van der Waals surface area contributed by atoms with E-state index in [9.17, 15) is 10.2 Å². The molecule has 23 heavy (non-hydrogen) atoms. The maximum Gasteiger partial charge on any atom is 1.00 e. The van der Waals surface area contributed by atoms with Crippen LogP contribution >= 0.6 is 0 Å². The van der Waals surface area contributed by atoms with Crippen LogP contribution in [0.15, 0.2) is 0 Å². The smallest absolute Gasteiger partial charge is 0.870 e. The first-order chi connectivity index (χ1) is 5.33. The van der Waals surface area contributed by atoms with Gasteiger partial charge in [0.25, 0.3) is 0 Å². The van der Waals surface area contributed by atoms with Crippen molar-refractivity contribution in [2.45, 2.75) is 59.4 Å². The summed E-state index contributed by atoms with van der Waals surface area (Å²) in [4.78, 5) is 0. The molecule has 0 radical (unpaired) electrons. The van der Waals surface area contributed by atoms with Crippen molar-refractivity contribution in [2.24, 2.45) is 0 Å². The molecule has 0 aromatic rings. The quantitative estimate of drug-likeness (QED) is 0.274. The summed E-state index contributed by atoms with van der Waals surface area (Å²) in [6.07, 6.45) is 0. The van der Waals surface area contributed by atoms with Crippen molar-refractivity contribution in [3.8, 4) is 0 Å². The van der Waals surface area contributed by atoms with Crippen LogP contribution in [-0.2, 0) is 4.74 Å². The first kappa shape index (κ1) is 101. The van der Waals surface area contributed by atoms with E-state index in [-0.39, 0.29) is 311 Å². The summed E-state index contributed by atoms with van der Waals surface area (Å²) >= 11 is 0. The molecule has 0 heterocycles. The van der Waals surface area contributed by atoms with Gasteiger partial charge in [0.2, 0.25) is 0 Å². The molecule has 0 aliphatic heterocycles. The van der Waals surface area contributed by atoms with Crippen molar-refractivity contribution in [2.75, 3.05) is 39.6 Å². The second-order valence-corrected chi connectivity index (χ2v) is 1.47. The molecule has 6 nitrogen and oxygen atoms in total. The average Bonchev–Trinajstić information content (AvgIpc) is 2.06. The first-order valence-electron chi connectivity index (χ1n) is 3.29. The third-order valence-corrected chi connectivity index (χ3v) is 0.555. The number of aliphatic hydroxyl groups excluding tert-OH is 2. The maximum absolute atomic E-state index is 9.58. The second kappa shape index (κ2) is 121. The van der Waals surface area contributed by atoms with Gasteiger partial charge in [0, 0.05) is 13.2 Å². The molecule has 0 aromatic heterocycles. The molecular weight excluding hydrogens is 663 g/mol. The fraction of sp³-hybridized carbons (Fsp3) is 1.00. The number of hydrogen-bond acceptors (Lipinski definition) is 6. The van der Waals surface area contributed by atoms with Crippen LogP contribution in [0.2, 0.25) is 0 Å². The zero-order valence-electron chi connectivity index (χ0n) is 9.81. The summed E-state index contributed by atoms with van der Waals surface area (Å²) in [5.41, 5.74) is 0. The van der Waals surface area contributed by atoms with E-state index in [0.29, 0.717) is 0 Å². The monoisotopic (exact) mass is 710 g/mol. The Bertz CT molecular complexity index is 63.8. The molecular formula is C14H47Cs3O6. The Morgan fingerprint density at radius 1 is 0.565 bits per heavy atom. The largest absolute Gasteiger partial charge is 1.00 e. The fourth-order valence-electron chi connectivity index (χ4n) is 0.220. The van der Waals surface area contributed by atoms with Gasteiger partial charge < -0.3 is 30.6 Å². The Labute approximate surface area is 326 Å². The van der Waals surface area contributed by atoms with Crippen LogP contribution in [-0.4, -0.2) is 55.3 Å². The molecule has 142 valence electrons. The van der Waals surface area contributed by atoms with Gasteiger partial charge in [-0.15, -0.1) is 13.2 Å². The Morgan fingerprint density at radius 3 is 0.826 bits per heavy atom. The summed E-state index contributed by atoms with van der Waals surface area (Å²) in [5.74, 6) is 0. The van der Waals surface area contributed by atoms with Crippen molar-refractivity contribution in [1.82, 2.24) is 0 Å². The molecule has 0 aliphatic carbocycles. The normalized spacial score (nSPS) is 4.17. The van der Waals surface area contributed by atoms with Crippen molar-refractivity contribution in [3.63, 3.8) is 0 Å². The van der Waals surface area contributed by atoms with Crippen LogP contribution in [0, 0.1) is 0 Å². The second-order valence-electron chi connectivity index (χ2n) is 1.47. The van der Waals surface area contributed by atoms with Crippen LogP contribution in [0.25, 0.3) is 0 Å². The number of hydrogen-bond donors (Lipinski definition) is 2. The van der Waals surface area contributed by atoms with E-state index in [1.165, 1.54) is 0 Å². The van der Waals surface area contributed by atoms with Gasteiger partial charge in [-0.25, -0.2) is 0 Å². The molecule has 0 bridgehead atoms. The SMILES string of the molecule is C.C.C.C.C.C.C.C.OCCO.[Cs+].[Cs+].[Cs+].[O-]CCOCC[O-].[OH-]. The van der Waals surface area contributed by atoms with E-state index in [1.807, 2.05) is 0 Å². The Balaban J connectivity index is -0.00000000400. The molecule has 0 atom stereocenters. The van der Waals surface area contributed by atoms with Gasteiger partial charge in [0.1, 0.15) is 0 Å². The minimum Gasteiger partial charge on any atom is -0.870 e. The molecule has 0 fully saturated rings. The van der Waals surface area contributed by atoms with Gasteiger partial charge in [-0.3, -0.25) is 0 Å². The van der Waals surface area contributed by atoms with Gasteiger partial charge in [-0.2, -0.15) is 0 Å². The maximum atomic E-state index is 9.58. The van der Waals surface area contributed by atoms with E-state index >= 15 is 0 Å². The van der Waals surface area contributed by atoms with Crippen LogP contribution in [0.5, 0.6) is 0 Å². The topological polar surface area (TPSA) is 126 Å². The van der Waals surface area contributed by atoms with Crippen LogP contribution in [0.1, 0.15) is 59.4 Å². The number of aliphatic hydroxyl groups is 2. The molecule has 3 N–H and O–H groups in total. The van der Waals surface area contributed by atoms with Gasteiger partial charge in [0.15, 0.2) is 0 Å². The molecule has 0 spiro atoms. The summed E-state index contributed by atoms with van der Waals surface area (Å²) < 4.78 is 4.51. The van der Waals surface area contributed by atoms with Gasteiger partial charge in [0.05, 0.1) is 13.2 Å². The van der Waals surface area contributed by atoms with Gasteiger partial charge >= 0.3 is 207 Å². The number of ether oxygens (including phenoxy) is 1. The van der Waals surface area contributed by atoms with Crippen LogP contribution < -0.4 is 217 Å². The molecule has 9 heteroatoms. The summed E-state index contributed by atoms with van der Waals surface area (Å²) in [6, 6.07) is 0. The minimum absolute atomic E-state index is 0. The summed E-state index contributed by atoms with van der Waals surface area (Å²) in [7, 11) is 0. The predicted octanol–water partition coefficient (Wildman–Crippen LogP) is -7.38. The first-order valence-corrected chi connectivity index (χ1v) is 3.29. The van der Waals surface area contributed by atoms with E-state index < -0.39 is 0 Å². The zero-order valence-corrected chi connectivity index (χ0v) is 28.6. The summed E-state index contributed by atoms with van der Waals surface area (Å²) in [5, 5.41) is 34.4. The van der Waals surface area contributed by atoms with Crippen LogP contribution in [0.4, 0.5) is 0 Å². The predicted molar refractivity (Wildman–Crippen MR) is 90.5 cm³/mol. The van der Waals surface area contributed by atoms with Crippen molar-refractivity contribution in [1.29, 1.82) is 0 Å². The van der Waals surface area contributed by atoms with E-state index in [4.69, 9.17) is 10.2 Å². The van der Waals surface area contributed by atoms with Crippen molar-refractivity contribution >= 4 is 0 Å². The molecule has 0 saturated carbocycles. The Kier molecular flexibility index (Phi) is 534. The molecule has 0 saturated heterocycles. The van der Waals surface area contributed by atoms with Crippen molar-refractivity contribution in [3.05, 3.63) is 0 Å². The average molecular weight is 710 g/mol. The zero-order chi connectivity index (χ0) is 8.95. The summed E-state index contributed by atoms with van der Waals surface area (Å²) in [6.45, 7) is -0.412. The van der Waals surface area contributed by atoms with Gasteiger partial charge in [-0.1, -0.05) is 59.4 Å². The molecule has 0 rings (SSSR count). The Hall–Kier alpha value is 5.92. The standard InChI is InChI=1S/C4H8O3.C2H6O2.8CH4.3Cs.H2O/c5-1-3-7-4-2-6;3-1-2-4;;;;;;;;;;;;/h1-4H2;3-4H,1-2H2;8*1H4;;;;1H2/q-2;;;;;;;;;;3*+1;/p-1. The third-order valence-electron chi connectivity index (χ3n) is 0.555. The molecule has 0 unspecified atom stereocenters. The molecule has 0 aromatic carbocycles. The van der Waals surface area contributed by atoms with Gasteiger partial charge in [-0.05, 0) is 0 Å². The molecule has 0 amide bonds. The third kappa shape index (κ3) is 157. The minimum atomic E-state index is -0.250. The Morgan fingerprint density at radius 2 is 0.739 bits per heavy atom. The molecule has 0 aliphatic rings. The number of rotatable bonds is 5. The fourth-order valence-corrected chi connectivity index (χ4v) is 0.220. The van der Waals surface area contributed by atoms with Crippen LogP contribution in [0.3, 0.4) is 0 Å². The van der Waals surface area contributed by atoms with Crippen molar-refractivity contribution < 1.29 is 237 Å². The van der Waals surface area contributed by atoms with E-state index in [2.05, 4.69) is 4.74 Å².